The molecule has 1 atom stereocenters. The molecule has 184 valence electrons. The summed E-state index contributed by atoms with van der Waals surface area (Å²) in [7, 11) is 0. The Hall–Kier alpha value is -2.02. The van der Waals surface area contributed by atoms with E-state index in [2.05, 4.69) is 12.2 Å². The highest BCUT2D eigenvalue weighted by atomic mass is 32.2. The van der Waals surface area contributed by atoms with Gasteiger partial charge in [-0.1, -0.05) is 12.1 Å². The number of carbonyl (C=O) groups excluding carboxylic acids is 3. The number of benzene rings is 1. The first kappa shape index (κ1) is 23.7. The van der Waals surface area contributed by atoms with Crippen LogP contribution in [-0.2, 0) is 14.3 Å². The van der Waals surface area contributed by atoms with Gasteiger partial charge in [-0.2, -0.15) is 0 Å². The molecule has 0 spiro atoms. The van der Waals surface area contributed by atoms with E-state index in [1.54, 1.807) is 12.1 Å². The number of ether oxygens (including phenoxy) is 1. The van der Waals surface area contributed by atoms with Crippen molar-refractivity contribution in [1.29, 1.82) is 0 Å². The first-order valence-corrected chi connectivity index (χ1v) is 13.9. The fraction of sp³-hybridized carbons (Fsp3) is 0.667. The maximum Gasteiger partial charge on any atom is 0.339 e. The summed E-state index contributed by atoms with van der Waals surface area (Å²) in [5, 5.41) is 3.16. The molecule has 5 aliphatic rings. The van der Waals surface area contributed by atoms with Crippen molar-refractivity contribution in [3.8, 4) is 0 Å². The van der Waals surface area contributed by atoms with Gasteiger partial charge in [0.15, 0.2) is 6.61 Å². The number of rotatable bonds is 8. The Morgan fingerprint density at radius 3 is 2.32 bits per heavy atom. The van der Waals surface area contributed by atoms with Crippen molar-refractivity contribution >= 4 is 29.5 Å². The van der Waals surface area contributed by atoms with Crippen LogP contribution in [0, 0.1) is 23.2 Å². The van der Waals surface area contributed by atoms with E-state index < -0.39 is 5.97 Å². The Morgan fingerprint density at radius 2 is 1.68 bits per heavy atom. The normalized spacial score (nSPS) is 30.3. The number of nitrogens with zero attached hydrogens (tertiary/aromatic N) is 1. The summed E-state index contributed by atoms with van der Waals surface area (Å²) >= 11 is 1.35. The van der Waals surface area contributed by atoms with E-state index >= 15 is 0 Å². The van der Waals surface area contributed by atoms with Gasteiger partial charge in [0.1, 0.15) is 0 Å². The maximum absolute atomic E-state index is 12.8. The van der Waals surface area contributed by atoms with Gasteiger partial charge in [0, 0.05) is 24.0 Å². The van der Waals surface area contributed by atoms with Gasteiger partial charge in [0.25, 0.3) is 5.91 Å². The number of hydrogen-bond donors (Lipinski definition) is 1. The minimum absolute atomic E-state index is 0.101. The van der Waals surface area contributed by atoms with Crippen LogP contribution in [0.2, 0.25) is 0 Å². The average molecular weight is 485 g/mol. The third-order valence-electron chi connectivity index (χ3n) is 8.63. The van der Waals surface area contributed by atoms with Crippen molar-refractivity contribution in [1.82, 2.24) is 10.2 Å². The van der Waals surface area contributed by atoms with Crippen LogP contribution in [0.3, 0.4) is 0 Å². The predicted molar refractivity (Wildman–Crippen MR) is 131 cm³/mol. The Balaban J connectivity index is 1.13. The highest BCUT2D eigenvalue weighted by molar-refractivity contribution is 8.00. The standard InChI is InChI=1S/C27H36N2O4S/c1-18(27-13-19-10-20(14-27)12-21(11-19)15-27)28-24(30)16-33-26(32)22-6-2-3-7-23(22)34-17-25(31)29-8-4-5-9-29/h2-3,6-7,18-21H,4-5,8-17H2,1H3,(H,28,30)/t18-,19?,20?,21?,27?/m1/s1. The van der Waals surface area contributed by atoms with Gasteiger partial charge in [0.2, 0.25) is 5.91 Å². The second kappa shape index (κ2) is 9.92. The zero-order valence-electron chi connectivity index (χ0n) is 20.1. The number of thioether (sulfide) groups is 1. The second-order valence-corrected chi connectivity index (χ2v) is 12.0. The molecule has 5 fully saturated rings. The van der Waals surface area contributed by atoms with Crippen LogP contribution in [0.25, 0.3) is 0 Å². The number of likely N-dealkylation sites (tertiary alicyclic amines) is 1. The highest BCUT2D eigenvalue weighted by Crippen LogP contribution is 2.61. The number of esters is 1. The summed E-state index contributed by atoms with van der Waals surface area (Å²) < 4.78 is 5.40. The lowest BCUT2D eigenvalue weighted by Crippen LogP contribution is -2.56. The van der Waals surface area contributed by atoms with E-state index in [1.165, 1.54) is 50.3 Å². The van der Waals surface area contributed by atoms with E-state index in [-0.39, 0.29) is 29.9 Å². The summed E-state index contributed by atoms with van der Waals surface area (Å²) in [5.74, 6) is 2.14. The number of hydrogen-bond acceptors (Lipinski definition) is 5. The van der Waals surface area contributed by atoms with Gasteiger partial charge in [-0.3, -0.25) is 9.59 Å². The molecule has 1 aromatic rings. The molecule has 4 saturated carbocycles. The van der Waals surface area contributed by atoms with Crippen LogP contribution in [-0.4, -0.2) is 54.2 Å². The molecule has 1 saturated heterocycles. The van der Waals surface area contributed by atoms with Gasteiger partial charge in [-0.05, 0) is 93.6 Å². The molecule has 0 unspecified atom stereocenters. The van der Waals surface area contributed by atoms with Crippen molar-refractivity contribution in [2.45, 2.75) is 69.2 Å². The second-order valence-electron chi connectivity index (χ2n) is 11.0. The number of nitrogens with one attached hydrogen (secondary N) is 1. The predicted octanol–water partition coefficient (Wildman–Crippen LogP) is 4.28. The van der Waals surface area contributed by atoms with Crippen molar-refractivity contribution < 1.29 is 19.1 Å². The first-order valence-electron chi connectivity index (χ1n) is 12.9. The Kier molecular flexibility index (Phi) is 6.92. The summed E-state index contributed by atoms with van der Waals surface area (Å²) in [6.07, 6.45) is 9.91. The highest BCUT2D eigenvalue weighted by Gasteiger charge is 2.53. The van der Waals surface area contributed by atoms with Crippen LogP contribution >= 0.6 is 11.8 Å². The fourth-order valence-corrected chi connectivity index (χ4v) is 8.25. The van der Waals surface area contributed by atoms with E-state index in [9.17, 15) is 14.4 Å². The molecular weight excluding hydrogens is 448 g/mol. The Labute approximate surface area is 206 Å². The molecule has 6 nitrogen and oxygen atoms in total. The van der Waals surface area contributed by atoms with Crippen molar-refractivity contribution in [3.63, 3.8) is 0 Å². The minimum atomic E-state index is -0.519. The van der Waals surface area contributed by atoms with Crippen molar-refractivity contribution in [2.75, 3.05) is 25.4 Å². The van der Waals surface area contributed by atoms with Gasteiger partial charge in [-0.25, -0.2) is 4.79 Å². The SMILES string of the molecule is C[C@@H](NC(=O)COC(=O)c1ccccc1SCC(=O)N1CCCC1)C12CC3CC(CC(C3)C1)C2. The van der Waals surface area contributed by atoms with Gasteiger partial charge >= 0.3 is 5.97 Å². The Morgan fingerprint density at radius 1 is 1.06 bits per heavy atom. The van der Waals surface area contributed by atoms with Crippen LogP contribution in [0.1, 0.15) is 68.6 Å². The quantitative estimate of drug-likeness (QED) is 0.440. The topological polar surface area (TPSA) is 75.7 Å². The zero-order chi connectivity index (χ0) is 23.7. The summed E-state index contributed by atoms with van der Waals surface area (Å²) in [4.78, 5) is 40.4. The molecule has 4 bridgehead atoms. The van der Waals surface area contributed by atoms with E-state index in [1.807, 2.05) is 17.0 Å². The third kappa shape index (κ3) is 5.00. The molecule has 0 radical (unpaired) electrons. The molecule has 1 N–H and O–H groups in total. The molecule has 1 heterocycles. The van der Waals surface area contributed by atoms with Gasteiger partial charge < -0.3 is 15.0 Å². The molecule has 34 heavy (non-hydrogen) atoms. The van der Waals surface area contributed by atoms with Crippen molar-refractivity contribution in [2.24, 2.45) is 23.2 Å². The molecule has 0 aromatic heterocycles. The van der Waals surface area contributed by atoms with Crippen LogP contribution in [0.15, 0.2) is 29.2 Å². The smallest absolute Gasteiger partial charge is 0.339 e. The lowest BCUT2D eigenvalue weighted by atomic mass is 9.48. The minimum Gasteiger partial charge on any atom is -0.452 e. The van der Waals surface area contributed by atoms with E-state index in [0.29, 0.717) is 16.2 Å². The molecule has 6 rings (SSSR count). The van der Waals surface area contributed by atoms with Crippen LogP contribution in [0.4, 0.5) is 0 Å². The maximum atomic E-state index is 12.8. The fourth-order valence-electron chi connectivity index (χ4n) is 7.31. The van der Waals surface area contributed by atoms with E-state index in [0.717, 1.165) is 43.7 Å². The molecule has 2 amide bonds. The monoisotopic (exact) mass is 484 g/mol. The Bertz CT molecular complexity index is 907. The molecule has 4 aliphatic carbocycles. The first-order chi connectivity index (χ1) is 16.4. The van der Waals surface area contributed by atoms with Crippen molar-refractivity contribution in [3.05, 3.63) is 29.8 Å². The van der Waals surface area contributed by atoms with Crippen LogP contribution < -0.4 is 5.32 Å². The molecular formula is C27H36N2O4S. The van der Waals surface area contributed by atoms with Crippen LogP contribution in [0.5, 0.6) is 0 Å². The largest absolute Gasteiger partial charge is 0.452 e. The summed E-state index contributed by atoms with van der Waals surface area (Å²) in [6, 6.07) is 7.25. The molecule has 7 heteroatoms. The lowest BCUT2D eigenvalue weighted by molar-refractivity contribution is -0.129. The molecule has 1 aliphatic heterocycles. The van der Waals surface area contributed by atoms with E-state index in [4.69, 9.17) is 4.74 Å². The zero-order valence-corrected chi connectivity index (χ0v) is 20.9. The summed E-state index contributed by atoms with van der Waals surface area (Å²) in [5.41, 5.74) is 0.628. The summed E-state index contributed by atoms with van der Waals surface area (Å²) in [6.45, 7) is 3.50. The van der Waals surface area contributed by atoms with Gasteiger partial charge in [0.05, 0.1) is 11.3 Å². The third-order valence-corrected chi connectivity index (χ3v) is 9.69. The number of carbonyl (C=O) groups is 3. The van der Waals surface area contributed by atoms with Gasteiger partial charge in [-0.15, -0.1) is 11.8 Å². The average Bonchev–Trinajstić information content (AvgIpc) is 3.35. The lowest BCUT2D eigenvalue weighted by Gasteiger charge is -2.59. The molecule has 1 aromatic carbocycles. The number of amides is 2.